The average molecular weight is 515 g/mol. The zero-order valence-corrected chi connectivity index (χ0v) is 21.1. The zero-order chi connectivity index (χ0) is 27.3. The third-order valence-corrected chi connectivity index (χ3v) is 6.61. The number of aromatic hydroxyl groups is 2. The molecule has 1 aliphatic carbocycles. The van der Waals surface area contributed by atoms with E-state index in [4.69, 9.17) is 0 Å². The summed E-state index contributed by atoms with van der Waals surface area (Å²) in [6.45, 7) is 4.00. The number of phenolic OH excluding ortho intramolecular Hbond substituents is 2. The summed E-state index contributed by atoms with van der Waals surface area (Å²) in [4.78, 5) is 40.5. The summed E-state index contributed by atoms with van der Waals surface area (Å²) in [5, 5.41) is 23.8. The first-order chi connectivity index (χ1) is 18.8. The number of rotatable bonds is 3. The van der Waals surface area contributed by atoms with E-state index in [2.05, 4.69) is 20.3 Å². The minimum atomic E-state index is -0.566. The molecular formula is C31H22N4O4. The Balaban J connectivity index is 1.42. The van der Waals surface area contributed by atoms with Crippen LogP contribution in [0.1, 0.15) is 48.5 Å². The summed E-state index contributed by atoms with van der Waals surface area (Å²) in [5.74, 6) is -0.729. The minimum absolute atomic E-state index is 0.0979. The first-order valence-corrected chi connectivity index (χ1v) is 12.2. The van der Waals surface area contributed by atoms with E-state index in [9.17, 15) is 19.8 Å². The Labute approximate surface area is 223 Å². The minimum Gasteiger partial charge on any atom is -0.507 e. The largest absolute Gasteiger partial charge is 0.507 e. The van der Waals surface area contributed by atoms with Gasteiger partial charge in [0.05, 0.1) is 16.8 Å². The first-order valence-electron chi connectivity index (χ1n) is 12.2. The second kappa shape index (κ2) is 9.18. The van der Waals surface area contributed by atoms with E-state index in [1.807, 2.05) is 62.4 Å². The molecule has 1 heterocycles. The molecule has 1 aliphatic heterocycles. The monoisotopic (exact) mass is 514 g/mol. The average Bonchev–Trinajstić information content (AvgIpc) is 3.32. The maximum atomic E-state index is 13.3. The highest BCUT2D eigenvalue weighted by molar-refractivity contribution is 6.51. The van der Waals surface area contributed by atoms with E-state index >= 15 is 0 Å². The molecule has 4 aromatic carbocycles. The number of hydrogen-bond donors (Lipinski definition) is 3. The molecular weight excluding hydrogens is 492 g/mol. The fraction of sp³-hybridized carbons (Fsp3) is 0.0645. The number of phenols is 2. The molecule has 0 radical (unpaired) electrons. The molecule has 8 heteroatoms. The van der Waals surface area contributed by atoms with Gasteiger partial charge in [0.2, 0.25) is 0 Å². The molecule has 0 saturated heterocycles. The summed E-state index contributed by atoms with van der Waals surface area (Å²) < 4.78 is 0. The highest BCUT2D eigenvalue weighted by atomic mass is 16.3. The number of benzene rings is 4. The highest BCUT2D eigenvalue weighted by Gasteiger charge is 2.35. The molecule has 0 amide bonds. The Kier molecular flexibility index (Phi) is 5.65. The lowest BCUT2D eigenvalue weighted by Gasteiger charge is -2.19. The van der Waals surface area contributed by atoms with Crippen molar-refractivity contribution >= 4 is 40.4 Å². The van der Waals surface area contributed by atoms with Crippen LogP contribution in [0, 0.1) is 13.8 Å². The van der Waals surface area contributed by atoms with Crippen molar-refractivity contribution in [3.05, 3.63) is 118 Å². The van der Waals surface area contributed by atoms with Gasteiger partial charge in [-0.2, -0.15) is 0 Å². The van der Waals surface area contributed by atoms with Crippen LogP contribution < -0.4 is 5.32 Å². The number of ketones is 2. The Morgan fingerprint density at radius 3 is 1.92 bits per heavy atom. The van der Waals surface area contributed by atoms with Gasteiger partial charge in [0.1, 0.15) is 11.5 Å². The molecule has 0 spiro atoms. The Hall–Kier alpha value is -5.37. The molecule has 190 valence electrons. The van der Waals surface area contributed by atoms with Crippen LogP contribution in [0.3, 0.4) is 0 Å². The van der Waals surface area contributed by atoms with Crippen LogP contribution in [0.15, 0.2) is 93.8 Å². The van der Waals surface area contributed by atoms with Crippen LogP contribution in [0.4, 0.5) is 11.4 Å². The van der Waals surface area contributed by atoms with Gasteiger partial charge in [-0.05, 0) is 62.4 Å². The summed E-state index contributed by atoms with van der Waals surface area (Å²) in [5.41, 5.74) is 4.05. The van der Waals surface area contributed by atoms with Gasteiger partial charge in [0.25, 0.3) is 0 Å². The van der Waals surface area contributed by atoms with Crippen LogP contribution in [-0.4, -0.2) is 39.3 Å². The van der Waals surface area contributed by atoms with Crippen molar-refractivity contribution in [1.82, 2.24) is 0 Å². The number of nitrogens with one attached hydrogen (secondary N) is 1. The van der Waals surface area contributed by atoms with Crippen molar-refractivity contribution < 1.29 is 19.8 Å². The van der Waals surface area contributed by atoms with Crippen LogP contribution in [0.25, 0.3) is 0 Å². The lowest BCUT2D eigenvalue weighted by Crippen LogP contribution is -2.21. The van der Waals surface area contributed by atoms with Gasteiger partial charge in [-0.25, -0.2) is 15.0 Å². The second-order valence-corrected chi connectivity index (χ2v) is 9.43. The third kappa shape index (κ3) is 4.27. The van der Waals surface area contributed by atoms with Gasteiger partial charge >= 0.3 is 0 Å². The fourth-order valence-electron chi connectivity index (χ4n) is 4.52. The predicted octanol–water partition coefficient (Wildman–Crippen LogP) is 5.49. The van der Waals surface area contributed by atoms with Crippen LogP contribution in [0.5, 0.6) is 11.5 Å². The van der Waals surface area contributed by atoms with Crippen molar-refractivity contribution in [2.24, 2.45) is 15.0 Å². The van der Waals surface area contributed by atoms with E-state index in [1.165, 1.54) is 24.3 Å². The van der Waals surface area contributed by atoms with Crippen molar-refractivity contribution in [3.8, 4) is 11.5 Å². The molecule has 0 atom stereocenters. The van der Waals surface area contributed by atoms with Gasteiger partial charge in [-0.3, -0.25) is 9.59 Å². The van der Waals surface area contributed by atoms with E-state index in [-0.39, 0.29) is 33.8 Å². The molecule has 0 saturated carbocycles. The predicted molar refractivity (Wildman–Crippen MR) is 150 cm³/mol. The Bertz CT molecular complexity index is 1780. The van der Waals surface area contributed by atoms with Gasteiger partial charge < -0.3 is 15.5 Å². The SMILES string of the molecule is Cc1ccc(N=C2N=C(c3ccc4c(c3)C(=O)c3c(O)ccc(O)c3C4=O)N=C2Nc2ccc(C)cc2)cc1. The Morgan fingerprint density at radius 1 is 0.692 bits per heavy atom. The summed E-state index contributed by atoms with van der Waals surface area (Å²) in [6.07, 6.45) is 0. The van der Waals surface area contributed by atoms with Crippen LogP contribution >= 0.6 is 0 Å². The molecule has 0 unspecified atom stereocenters. The molecule has 4 aromatic rings. The van der Waals surface area contributed by atoms with Gasteiger partial charge in [-0.15, -0.1) is 0 Å². The molecule has 0 bridgehead atoms. The van der Waals surface area contributed by atoms with Crippen molar-refractivity contribution in [2.75, 3.05) is 5.32 Å². The molecule has 0 aromatic heterocycles. The van der Waals surface area contributed by atoms with Gasteiger partial charge in [0, 0.05) is 22.4 Å². The molecule has 6 rings (SSSR count). The zero-order valence-electron chi connectivity index (χ0n) is 21.1. The topological polar surface area (TPSA) is 124 Å². The van der Waals surface area contributed by atoms with E-state index in [0.717, 1.165) is 16.8 Å². The number of carbonyl (C=O) groups is 2. The number of fused-ring (bicyclic) bond motifs is 2. The van der Waals surface area contributed by atoms with Crippen molar-refractivity contribution in [2.45, 2.75) is 13.8 Å². The lowest BCUT2D eigenvalue weighted by molar-refractivity contribution is 0.0974. The smallest absolute Gasteiger partial charge is 0.198 e. The third-order valence-electron chi connectivity index (χ3n) is 6.61. The molecule has 8 nitrogen and oxygen atoms in total. The number of anilines is 1. The first kappa shape index (κ1) is 24.0. The number of hydrogen-bond acceptors (Lipinski definition) is 7. The summed E-state index contributed by atoms with van der Waals surface area (Å²) in [7, 11) is 0. The quantitative estimate of drug-likeness (QED) is 0.275. The highest BCUT2D eigenvalue weighted by Crippen LogP contribution is 2.38. The van der Waals surface area contributed by atoms with Crippen LogP contribution in [0.2, 0.25) is 0 Å². The normalized spacial score (nSPS) is 15.1. The van der Waals surface area contributed by atoms with Crippen LogP contribution in [-0.2, 0) is 0 Å². The summed E-state index contributed by atoms with van der Waals surface area (Å²) >= 11 is 0. The lowest BCUT2D eigenvalue weighted by atomic mass is 9.82. The van der Waals surface area contributed by atoms with E-state index in [1.54, 1.807) is 6.07 Å². The number of carbonyl (C=O) groups excluding carboxylic acids is 2. The molecule has 0 fully saturated rings. The second-order valence-electron chi connectivity index (χ2n) is 9.43. The number of nitrogens with zero attached hydrogens (tertiary/aromatic N) is 3. The van der Waals surface area contributed by atoms with Crippen molar-refractivity contribution in [1.29, 1.82) is 0 Å². The number of aliphatic imine (C=N–C) groups is 3. The van der Waals surface area contributed by atoms with E-state index < -0.39 is 11.6 Å². The molecule has 3 N–H and O–H groups in total. The molecule has 2 aliphatic rings. The standard InChI is InChI=1S/C31H22N4O4/c1-16-3-8-19(9-4-16)32-30-31(33-20-10-5-17(2)6-11-20)35-29(34-30)18-7-12-21-22(15-18)28(39)26-24(37)14-13-23(36)25(26)27(21)38/h3-15,36-37H,1-2H3,(H,32,33,34,35). The maximum absolute atomic E-state index is 13.3. The fourth-order valence-corrected chi connectivity index (χ4v) is 4.52. The number of amidine groups is 3. The molecule has 39 heavy (non-hydrogen) atoms. The van der Waals surface area contributed by atoms with Crippen molar-refractivity contribution in [3.63, 3.8) is 0 Å². The van der Waals surface area contributed by atoms with Gasteiger partial charge in [0.15, 0.2) is 29.1 Å². The maximum Gasteiger partial charge on any atom is 0.198 e. The van der Waals surface area contributed by atoms with Gasteiger partial charge in [-0.1, -0.05) is 41.5 Å². The summed E-state index contributed by atoms with van der Waals surface area (Å²) in [6, 6.07) is 22.6. The number of aryl methyl sites for hydroxylation is 2. The Morgan fingerprint density at radius 2 is 1.28 bits per heavy atom. The van der Waals surface area contributed by atoms with E-state index in [0.29, 0.717) is 28.8 Å².